The van der Waals surface area contributed by atoms with E-state index in [1.54, 1.807) is 0 Å². The molecule has 0 aromatic heterocycles. The lowest BCUT2D eigenvalue weighted by Gasteiger charge is -2.03. The number of hydrogen-bond acceptors (Lipinski definition) is 2. The molecule has 0 bridgehead atoms. The monoisotopic (exact) mass is 364 g/mol. The minimum absolute atomic E-state index is 0.211. The van der Waals surface area contributed by atoms with Gasteiger partial charge in [0.05, 0.1) is 5.56 Å². The molecule has 0 spiro atoms. The lowest BCUT2D eigenvalue weighted by Crippen LogP contribution is -2.00. The number of rotatable bonds is 1. The van der Waals surface area contributed by atoms with Crippen LogP contribution in [0.25, 0.3) is 5.83 Å². The predicted molar refractivity (Wildman–Crippen MR) is 57.1 cm³/mol. The van der Waals surface area contributed by atoms with E-state index in [9.17, 15) is 30.7 Å². The Morgan fingerprint density at radius 1 is 0.900 bits per heavy atom. The Hall–Kier alpha value is -1.000. The summed E-state index contributed by atoms with van der Waals surface area (Å²) in [6, 6.07) is -0.211. The third-order valence-electron chi connectivity index (χ3n) is 1.50. The molecule has 0 saturated heterocycles. The van der Waals surface area contributed by atoms with Gasteiger partial charge in [-0.25, -0.2) is 22.0 Å². The molecule has 12 heteroatoms. The van der Waals surface area contributed by atoms with Crippen molar-refractivity contribution in [1.82, 2.24) is 0 Å². The predicted octanol–water partition coefficient (Wildman–Crippen LogP) is 4.49. The van der Waals surface area contributed by atoms with Crippen LogP contribution in [0.2, 0.25) is 0 Å². The van der Waals surface area contributed by atoms with Crippen molar-refractivity contribution in [2.24, 2.45) is 0 Å². The van der Waals surface area contributed by atoms with Crippen molar-refractivity contribution in [3.63, 3.8) is 0 Å². The van der Waals surface area contributed by atoms with Gasteiger partial charge in [-0.15, -0.1) is 0 Å². The van der Waals surface area contributed by atoms with Crippen molar-refractivity contribution in [1.29, 1.82) is 0 Å². The quantitative estimate of drug-likeness (QED) is 0.418. The molecule has 0 amide bonds. The van der Waals surface area contributed by atoms with Crippen molar-refractivity contribution in [2.45, 2.75) is 0 Å². The first-order valence-corrected chi connectivity index (χ1v) is 7.18. The molecule has 1 aromatic carbocycles. The maximum Gasteiger partial charge on any atom is 0.317 e. The number of benzene rings is 1. The van der Waals surface area contributed by atoms with Gasteiger partial charge in [0.25, 0.3) is 0 Å². The summed E-state index contributed by atoms with van der Waals surface area (Å²) in [4.78, 5) is 0. The molecule has 114 valence electrons. The maximum absolute atomic E-state index is 12.7. The molecule has 0 N–H and O–H groups in total. The minimum atomic E-state index is -3.72. The Morgan fingerprint density at radius 3 is 1.45 bits per heavy atom. The second-order valence-corrected chi connectivity index (χ2v) is 6.46. The van der Waals surface area contributed by atoms with Gasteiger partial charge in [-0.1, -0.05) is 0 Å². The minimum Gasteiger partial charge on any atom is -0.204 e. The highest BCUT2D eigenvalue weighted by molar-refractivity contribution is 8.31. The molecule has 1 aromatic rings. The Bertz CT molecular complexity index is 606. The summed E-state index contributed by atoms with van der Waals surface area (Å²) in [6.45, 7) is 0. The summed E-state index contributed by atoms with van der Waals surface area (Å²) in [7, 11) is 4.81. The van der Waals surface area contributed by atoms with Crippen molar-refractivity contribution >= 4 is 35.5 Å². The summed E-state index contributed by atoms with van der Waals surface area (Å²) >= 11 is 0. The first kappa shape index (κ1) is 19.0. The molecule has 1 rings (SSSR count). The molecule has 0 aliphatic heterocycles. The van der Waals surface area contributed by atoms with Gasteiger partial charge in [-0.3, -0.25) is 0 Å². The molecular weight excluding hydrogens is 364 g/mol. The first-order valence-electron chi connectivity index (χ1n) is 4.04. The van der Waals surface area contributed by atoms with Crippen LogP contribution in [0.3, 0.4) is 0 Å². The first-order chi connectivity index (χ1) is 8.86. The van der Waals surface area contributed by atoms with Gasteiger partial charge < -0.3 is 0 Å². The van der Waals surface area contributed by atoms with Crippen LogP contribution in [-0.2, 0) is 8.26 Å². The standard InChI is InChI=1S/C8HF7.Cl2O2S/c9-2-1-3(10)6(12)4(5(2)11)7(13)8(14)15;1-5(2,3)4/h1H;. The normalized spacial score (nSPS) is 10.7. The highest BCUT2D eigenvalue weighted by Crippen LogP contribution is 2.29. The molecule has 0 radical (unpaired) electrons. The van der Waals surface area contributed by atoms with Gasteiger partial charge >= 0.3 is 14.3 Å². The van der Waals surface area contributed by atoms with Crippen LogP contribution in [0.4, 0.5) is 30.7 Å². The van der Waals surface area contributed by atoms with Crippen molar-refractivity contribution in [3.8, 4) is 0 Å². The average Bonchev–Trinajstić information content (AvgIpc) is 2.24. The fourth-order valence-corrected chi connectivity index (χ4v) is 0.860. The molecule has 0 heterocycles. The third kappa shape index (κ3) is 5.97. The average molecular weight is 365 g/mol. The second kappa shape index (κ2) is 7.14. The zero-order chi connectivity index (χ0) is 16.2. The van der Waals surface area contributed by atoms with Crippen molar-refractivity contribution in [3.05, 3.63) is 41.0 Å². The Kier molecular flexibility index (Phi) is 6.78. The molecule has 0 fully saturated rings. The van der Waals surface area contributed by atoms with Crippen LogP contribution >= 0.6 is 21.4 Å². The molecule has 0 aliphatic rings. The van der Waals surface area contributed by atoms with Gasteiger partial charge in [0.2, 0.25) is 5.83 Å². The van der Waals surface area contributed by atoms with Crippen molar-refractivity contribution < 1.29 is 39.2 Å². The van der Waals surface area contributed by atoms with E-state index in [4.69, 9.17) is 8.42 Å². The summed E-state index contributed by atoms with van der Waals surface area (Å²) < 4.78 is 104. The molecule has 0 aliphatic carbocycles. The lowest BCUT2D eigenvalue weighted by molar-refractivity contribution is 0.402. The summed E-state index contributed by atoms with van der Waals surface area (Å²) in [5.74, 6) is -11.0. The SMILES string of the molecule is FC(F)=C(F)c1c(F)c(F)cc(F)c1F.O=S(=O)(Cl)Cl. The maximum atomic E-state index is 12.7. The molecular formula is C8HCl2F7O2S. The van der Waals surface area contributed by atoms with Gasteiger partial charge in [0.15, 0.2) is 23.3 Å². The van der Waals surface area contributed by atoms with Crippen molar-refractivity contribution in [2.75, 3.05) is 0 Å². The van der Waals surface area contributed by atoms with E-state index in [2.05, 4.69) is 21.4 Å². The summed E-state index contributed by atoms with van der Waals surface area (Å²) in [6.07, 6.45) is -3.07. The smallest absolute Gasteiger partial charge is 0.204 e. The van der Waals surface area contributed by atoms with Gasteiger partial charge in [-0.05, 0) is 0 Å². The summed E-state index contributed by atoms with van der Waals surface area (Å²) in [5.41, 5.74) is -2.05. The topological polar surface area (TPSA) is 34.1 Å². The highest BCUT2D eigenvalue weighted by Gasteiger charge is 2.25. The molecule has 0 atom stereocenters. The third-order valence-corrected chi connectivity index (χ3v) is 1.50. The fraction of sp³-hybridized carbons (Fsp3) is 0. The Labute approximate surface area is 116 Å². The van der Waals surface area contributed by atoms with E-state index in [-0.39, 0.29) is 6.07 Å². The van der Waals surface area contributed by atoms with E-state index >= 15 is 0 Å². The Balaban J connectivity index is 0.000000621. The molecule has 2 nitrogen and oxygen atoms in total. The fourth-order valence-electron chi connectivity index (χ4n) is 0.860. The zero-order valence-electron chi connectivity index (χ0n) is 8.70. The van der Waals surface area contributed by atoms with Gasteiger partial charge in [-0.2, -0.15) is 17.2 Å². The van der Waals surface area contributed by atoms with E-state index < -0.39 is 49.0 Å². The van der Waals surface area contributed by atoms with Crippen LogP contribution < -0.4 is 0 Å². The molecule has 0 unspecified atom stereocenters. The van der Waals surface area contributed by atoms with E-state index in [1.165, 1.54) is 0 Å². The van der Waals surface area contributed by atoms with E-state index in [1.807, 2.05) is 0 Å². The summed E-state index contributed by atoms with van der Waals surface area (Å²) in [5, 5.41) is 0. The second-order valence-electron chi connectivity index (χ2n) is 2.80. The van der Waals surface area contributed by atoms with E-state index in [0.717, 1.165) is 0 Å². The highest BCUT2D eigenvalue weighted by atomic mass is 36.0. The van der Waals surface area contributed by atoms with Gasteiger partial charge in [0.1, 0.15) is 0 Å². The van der Waals surface area contributed by atoms with Crippen LogP contribution in [0, 0.1) is 23.3 Å². The van der Waals surface area contributed by atoms with Crippen LogP contribution in [0.15, 0.2) is 12.1 Å². The number of hydrogen-bond donors (Lipinski definition) is 0. The molecule has 0 saturated carbocycles. The van der Waals surface area contributed by atoms with E-state index in [0.29, 0.717) is 0 Å². The lowest BCUT2D eigenvalue weighted by atomic mass is 10.1. The van der Waals surface area contributed by atoms with Gasteiger partial charge in [0, 0.05) is 27.4 Å². The van der Waals surface area contributed by atoms with Crippen LogP contribution in [0.1, 0.15) is 5.56 Å². The molecule has 20 heavy (non-hydrogen) atoms. The number of halogens is 9. The van der Waals surface area contributed by atoms with Crippen LogP contribution in [0.5, 0.6) is 0 Å². The zero-order valence-corrected chi connectivity index (χ0v) is 11.0. The Morgan fingerprint density at radius 2 is 1.20 bits per heavy atom. The largest absolute Gasteiger partial charge is 0.317 e. The van der Waals surface area contributed by atoms with Crippen LogP contribution in [-0.4, -0.2) is 8.42 Å².